The first-order chi connectivity index (χ1) is 23.9. The molecule has 6 aliphatic rings. The van der Waals surface area contributed by atoms with Crippen LogP contribution in [-0.4, -0.2) is 205 Å². The average Bonchev–Trinajstić information content (AvgIpc) is 3.60. The Balaban J connectivity index is 0.000000552. The maximum absolute atomic E-state index is 11.1. The highest BCUT2D eigenvalue weighted by Gasteiger charge is 2.58. The molecule has 20 nitrogen and oxygen atoms in total. The Bertz CT molecular complexity index is 1210. The van der Waals surface area contributed by atoms with Crippen LogP contribution >= 0.6 is 0 Å². The van der Waals surface area contributed by atoms with Gasteiger partial charge in [-0.1, -0.05) is 18.2 Å². The fourth-order valence-corrected chi connectivity index (χ4v) is 6.70. The minimum Gasteiger partial charge on any atom is -0.508 e. The first-order valence-corrected chi connectivity index (χ1v) is 16.1. The monoisotopic (exact) mass is 724 g/mol. The molecular formula is C30H44O20. The summed E-state index contributed by atoms with van der Waals surface area (Å²) in [6, 6.07) is 8.71. The second kappa shape index (κ2) is 16.1. The van der Waals surface area contributed by atoms with Gasteiger partial charge >= 0.3 is 0 Å². The number of phenols is 1. The third-order valence-corrected chi connectivity index (χ3v) is 9.45. The van der Waals surface area contributed by atoms with Gasteiger partial charge in [-0.05, 0) is 12.1 Å². The molecule has 4 bridgehead atoms. The Morgan fingerprint density at radius 2 is 1.02 bits per heavy atom. The standard InChI is InChI=1S/C24H38O19.C6H6O/c25-1-5-9(27)11(29)12(30)22(38-5)41-17-8-4-36-20(17)15(33)24(40-8)43-18-10(28)6(2-26)39-23(14(18)32)42-16-7-3-35-19(16)13(31)21(34)37-7;7-6-4-2-1-3-5-6/h5-34H,1-4H2;1-5,7H/t5-,6-,7?,8?,9+,10?,11+,12-,13?,14?,15?,16-,17-,18+,19?,20?,21?,22+,23+,24+;/m1./s1. The van der Waals surface area contributed by atoms with Crippen molar-refractivity contribution in [1.29, 1.82) is 0 Å². The quantitative estimate of drug-likeness (QED) is 0.119. The second-order valence-corrected chi connectivity index (χ2v) is 12.7. The summed E-state index contributed by atoms with van der Waals surface area (Å²) in [6.07, 6.45) is -27.5. The van der Waals surface area contributed by atoms with Gasteiger partial charge in [-0.3, -0.25) is 0 Å². The molecule has 11 N–H and O–H groups in total. The Morgan fingerprint density at radius 1 is 0.520 bits per heavy atom. The third-order valence-electron chi connectivity index (χ3n) is 9.45. The molecule has 0 aliphatic carbocycles. The zero-order chi connectivity index (χ0) is 35.9. The lowest BCUT2D eigenvalue weighted by Gasteiger charge is -2.47. The smallest absolute Gasteiger partial charge is 0.187 e. The van der Waals surface area contributed by atoms with E-state index in [0.717, 1.165) is 0 Å². The summed E-state index contributed by atoms with van der Waals surface area (Å²) >= 11 is 0. The van der Waals surface area contributed by atoms with Crippen molar-refractivity contribution in [2.75, 3.05) is 26.4 Å². The molecule has 50 heavy (non-hydrogen) atoms. The van der Waals surface area contributed by atoms with Crippen molar-refractivity contribution >= 4 is 0 Å². The lowest BCUT2D eigenvalue weighted by atomic mass is 9.96. The lowest BCUT2D eigenvalue weighted by Crippen LogP contribution is -2.65. The highest BCUT2D eigenvalue weighted by molar-refractivity contribution is 5.18. The molecule has 6 aliphatic heterocycles. The number of aromatic hydroxyl groups is 1. The summed E-state index contributed by atoms with van der Waals surface area (Å²) in [5.74, 6) is 0.322. The maximum Gasteiger partial charge on any atom is 0.187 e. The van der Waals surface area contributed by atoms with E-state index < -0.39 is 136 Å². The second-order valence-electron chi connectivity index (χ2n) is 12.7. The molecule has 20 heteroatoms. The van der Waals surface area contributed by atoms with Crippen LogP contribution in [0, 0.1) is 0 Å². The topological polar surface area (TPSA) is 306 Å². The van der Waals surface area contributed by atoms with Crippen molar-refractivity contribution in [3.05, 3.63) is 30.3 Å². The summed E-state index contributed by atoms with van der Waals surface area (Å²) in [7, 11) is 0. The first kappa shape index (κ1) is 38.0. The molecule has 0 saturated carbocycles. The van der Waals surface area contributed by atoms with Crippen LogP contribution in [0.1, 0.15) is 0 Å². The van der Waals surface area contributed by atoms with Crippen LogP contribution in [-0.2, 0) is 42.6 Å². The van der Waals surface area contributed by atoms with Crippen LogP contribution in [0.15, 0.2) is 30.3 Å². The molecule has 6 heterocycles. The SMILES string of the molecule is OC[C@H]1O[C@@H](O[C@@H]2C3COC2C(O)C(O)O3)C(O)[C@@H](O[C@@H]2OC3COC(C2O)[C@@H]3O[C@@H]2O[C@H](CO)[C@H](O)[C@H](O)[C@H]2O)C1O.Oc1ccccc1. The van der Waals surface area contributed by atoms with E-state index in [1.807, 2.05) is 6.07 Å². The number of ether oxygens (including phenoxy) is 9. The van der Waals surface area contributed by atoms with Gasteiger partial charge in [-0.25, -0.2) is 0 Å². The predicted octanol–water partition coefficient (Wildman–Crippen LogP) is -6.27. The number of phenolic OH excluding ortho intramolecular Hbond substituents is 1. The van der Waals surface area contributed by atoms with Crippen molar-refractivity contribution in [2.45, 2.75) is 123 Å². The highest BCUT2D eigenvalue weighted by Crippen LogP contribution is 2.38. The summed E-state index contributed by atoms with van der Waals surface area (Å²) in [6.45, 7) is -1.51. The van der Waals surface area contributed by atoms with Crippen LogP contribution in [0.25, 0.3) is 0 Å². The first-order valence-electron chi connectivity index (χ1n) is 16.1. The lowest BCUT2D eigenvalue weighted by molar-refractivity contribution is -0.372. The van der Waals surface area contributed by atoms with E-state index in [0.29, 0.717) is 5.75 Å². The largest absolute Gasteiger partial charge is 0.508 e. The Hall–Kier alpha value is -1.74. The van der Waals surface area contributed by atoms with E-state index in [4.69, 9.17) is 47.7 Å². The van der Waals surface area contributed by atoms with Crippen molar-refractivity contribution in [1.82, 2.24) is 0 Å². The molecule has 6 saturated heterocycles. The van der Waals surface area contributed by atoms with E-state index in [1.54, 1.807) is 24.3 Å². The summed E-state index contributed by atoms with van der Waals surface area (Å²) in [5.41, 5.74) is 0. The van der Waals surface area contributed by atoms with Gasteiger partial charge in [0.25, 0.3) is 0 Å². The van der Waals surface area contributed by atoms with E-state index in [1.165, 1.54) is 0 Å². The minimum absolute atomic E-state index is 0.0184. The molecule has 20 atom stereocenters. The van der Waals surface area contributed by atoms with Gasteiger partial charge in [0.2, 0.25) is 0 Å². The molecular weight excluding hydrogens is 680 g/mol. The molecule has 9 unspecified atom stereocenters. The van der Waals surface area contributed by atoms with Gasteiger partial charge in [0, 0.05) is 0 Å². The molecule has 0 radical (unpaired) electrons. The van der Waals surface area contributed by atoms with Gasteiger partial charge in [0.1, 0.15) is 103 Å². The van der Waals surface area contributed by atoms with Gasteiger partial charge < -0.3 is 98.8 Å². The number of benzene rings is 1. The fourth-order valence-electron chi connectivity index (χ4n) is 6.70. The summed E-state index contributed by atoms with van der Waals surface area (Å²) < 4.78 is 50.5. The molecule has 0 amide bonds. The number of rotatable bonds is 8. The number of aliphatic hydroxyl groups excluding tert-OH is 10. The van der Waals surface area contributed by atoms with Gasteiger partial charge in [0.05, 0.1) is 26.4 Å². The maximum atomic E-state index is 11.1. The van der Waals surface area contributed by atoms with E-state index in [-0.39, 0.29) is 13.2 Å². The molecule has 0 aromatic heterocycles. The van der Waals surface area contributed by atoms with Crippen molar-refractivity contribution in [3.8, 4) is 5.75 Å². The van der Waals surface area contributed by atoms with Crippen molar-refractivity contribution in [2.24, 2.45) is 0 Å². The van der Waals surface area contributed by atoms with Crippen LogP contribution in [0.5, 0.6) is 5.75 Å². The number of hydrogen-bond donors (Lipinski definition) is 11. The molecule has 284 valence electrons. The number of hydrogen-bond acceptors (Lipinski definition) is 20. The summed E-state index contributed by atoms with van der Waals surface area (Å²) in [5, 5.41) is 111. The van der Waals surface area contributed by atoms with Gasteiger partial charge in [0.15, 0.2) is 25.2 Å². The van der Waals surface area contributed by atoms with Crippen LogP contribution in [0.3, 0.4) is 0 Å². The highest BCUT2D eigenvalue weighted by atomic mass is 16.8. The molecule has 1 aromatic rings. The average molecular weight is 725 g/mol. The Morgan fingerprint density at radius 3 is 1.58 bits per heavy atom. The van der Waals surface area contributed by atoms with Crippen molar-refractivity contribution < 1.29 is 98.8 Å². The predicted molar refractivity (Wildman–Crippen MR) is 155 cm³/mol. The van der Waals surface area contributed by atoms with E-state index in [2.05, 4.69) is 0 Å². The fraction of sp³-hybridized carbons (Fsp3) is 0.800. The van der Waals surface area contributed by atoms with Crippen LogP contribution in [0.2, 0.25) is 0 Å². The van der Waals surface area contributed by atoms with E-state index >= 15 is 0 Å². The van der Waals surface area contributed by atoms with E-state index in [9.17, 15) is 51.1 Å². The van der Waals surface area contributed by atoms with Gasteiger partial charge in [-0.2, -0.15) is 0 Å². The molecule has 0 spiro atoms. The molecule has 7 rings (SSSR count). The Labute approximate surface area is 284 Å². The van der Waals surface area contributed by atoms with Crippen LogP contribution < -0.4 is 0 Å². The van der Waals surface area contributed by atoms with Crippen LogP contribution in [0.4, 0.5) is 0 Å². The molecule has 1 aromatic carbocycles. The molecule has 6 fully saturated rings. The van der Waals surface area contributed by atoms with Crippen molar-refractivity contribution in [3.63, 3.8) is 0 Å². The zero-order valence-corrected chi connectivity index (χ0v) is 26.4. The number of para-hydroxylation sites is 1. The van der Waals surface area contributed by atoms with Gasteiger partial charge in [-0.15, -0.1) is 0 Å². The normalized spacial score (nSPS) is 50.0. The zero-order valence-electron chi connectivity index (χ0n) is 26.4. The number of aliphatic hydroxyl groups is 10. The third kappa shape index (κ3) is 7.52. The number of fused-ring (bicyclic) bond motifs is 4. The summed E-state index contributed by atoms with van der Waals surface area (Å²) in [4.78, 5) is 0. The minimum atomic E-state index is -1.72. The Kier molecular flexibility index (Phi) is 12.2.